The van der Waals surface area contributed by atoms with Crippen LogP contribution in [0.3, 0.4) is 0 Å². The van der Waals surface area contributed by atoms with Gasteiger partial charge in [-0.15, -0.1) is 6.42 Å². The molecule has 2 aliphatic rings. The zero-order valence-corrected chi connectivity index (χ0v) is 15.7. The highest BCUT2D eigenvalue weighted by atomic mass is 16.6. The van der Waals surface area contributed by atoms with E-state index in [2.05, 4.69) is 36.9 Å². The molecule has 2 heterocycles. The summed E-state index contributed by atoms with van der Waals surface area (Å²) in [6.07, 6.45) is 9.70. The van der Waals surface area contributed by atoms with Gasteiger partial charge in [0.2, 0.25) is 0 Å². The fourth-order valence-corrected chi connectivity index (χ4v) is 3.92. The number of carbonyl (C=O) groups excluding carboxylic acids is 1. The second-order valence-electron chi connectivity index (χ2n) is 8.05. The number of hydrogen-bond acceptors (Lipinski definition) is 4. The highest BCUT2D eigenvalue weighted by Gasteiger charge is 2.38. The first kappa shape index (κ1) is 19.1. The van der Waals surface area contributed by atoms with E-state index in [1.807, 2.05) is 11.8 Å². The van der Waals surface area contributed by atoms with Crippen LogP contribution >= 0.6 is 0 Å². The second kappa shape index (κ2) is 7.76. The molecule has 0 aliphatic carbocycles. The molecule has 1 amide bonds. The van der Waals surface area contributed by atoms with Gasteiger partial charge >= 0.3 is 6.09 Å². The van der Waals surface area contributed by atoms with E-state index in [9.17, 15) is 4.79 Å². The molecule has 0 saturated carbocycles. The molecule has 1 N–H and O–H groups in total. The number of terminal acetylenes is 1. The Hall–Kier alpha value is -1.25. The van der Waals surface area contributed by atoms with Crippen molar-refractivity contribution < 1.29 is 9.53 Å². The number of hydrogen-bond donors (Lipinski definition) is 1. The molecule has 0 unspecified atom stereocenters. The Morgan fingerprint density at radius 3 is 2.29 bits per heavy atom. The lowest BCUT2D eigenvalue weighted by atomic mass is 9.84. The monoisotopic (exact) mass is 335 g/mol. The fraction of sp³-hybridized carbons (Fsp3) is 0.842. The van der Waals surface area contributed by atoms with Gasteiger partial charge in [-0.2, -0.15) is 0 Å². The molecule has 0 aromatic carbocycles. The topological polar surface area (TPSA) is 44.8 Å². The molecule has 0 atom stereocenters. The quantitative estimate of drug-likeness (QED) is 0.805. The minimum absolute atomic E-state index is 0.0273. The summed E-state index contributed by atoms with van der Waals surface area (Å²) in [6.45, 7) is 12.4. The van der Waals surface area contributed by atoms with E-state index in [1.54, 1.807) is 0 Å². The van der Waals surface area contributed by atoms with Crippen molar-refractivity contribution in [1.82, 2.24) is 15.1 Å². The molecule has 2 saturated heterocycles. The first-order valence-corrected chi connectivity index (χ1v) is 9.21. The minimum atomic E-state index is -0.180. The first-order valence-electron chi connectivity index (χ1n) is 9.21. The maximum Gasteiger partial charge on any atom is 0.409 e. The van der Waals surface area contributed by atoms with Gasteiger partial charge in [0.1, 0.15) is 0 Å². The molecule has 136 valence electrons. The van der Waals surface area contributed by atoms with Crippen LogP contribution in [0.15, 0.2) is 0 Å². The van der Waals surface area contributed by atoms with Crippen LogP contribution < -0.4 is 5.32 Å². The van der Waals surface area contributed by atoms with E-state index in [0.29, 0.717) is 12.6 Å². The van der Waals surface area contributed by atoms with Crippen molar-refractivity contribution in [3.05, 3.63) is 0 Å². The Bertz CT molecular complexity index is 462. The average molecular weight is 335 g/mol. The van der Waals surface area contributed by atoms with Gasteiger partial charge < -0.3 is 14.5 Å². The summed E-state index contributed by atoms with van der Waals surface area (Å²) in [5.74, 6) is 3.03. The van der Waals surface area contributed by atoms with E-state index in [1.165, 1.54) is 0 Å². The fourth-order valence-electron chi connectivity index (χ4n) is 3.92. The van der Waals surface area contributed by atoms with Crippen LogP contribution in [0, 0.1) is 12.3 Å². The lowest BCUT2D eigenvalue weighted by Gasteiger charge is -2.46. The van der Waals surface area contributed by atoms with E-state index >= 15 is 0 Å². The molecule has 0 spiro atoms. The third-order valence-corrected chi connectivity index (χ3v) is 5.05. The number of nitrogens with zero attached hydrogens (tertiary/aromatic N) is 2. The molecule has 24 heavy (non-hydrogen) atoms. The molecule has 0 aromatic heterocycles. The van der Waals surface area contributed by atoms with Crippen molar-refractivity contribution in [2.45, 2.75) is 70.5 Å². The van der Waals surface area contributed by atoms with Crippen LogP contribution in [0.5, 0.6) is 0 Å². The molecule has 2 fully saturated rings. The third-order valence-electron chi connectivity index (χ3n) is 5.05. The van der Waals surface area contributed by atoms with Crippen LogP contribution in [-0.2, 0) is 4.74 Å². The van der Waals surface area contributed by atoms with Crippen molar-refractivity contribution >= 4 is 6.09 Å². The summed E-state index contributed by atoms with van der Waals surface area (Å²) in [6, 6.07) is 0.557. The summed E-state index contributed by atoms with van der Waals surface area (Å²) in [4.78, 5) is 16.2. The molecule has 0 radical (unpaired) electrons. The van der Waals surface area contributed by atoms with Crippen molar-refractivity contribution in [3.8, 4) is 12.3 Å². The van der Waals surface area contributed by atoms with Crippen molar-refractivity contribution in [3.63, 3.8) is 0 Å². The Morgan fingerprint density at radius 2 is 1.83 bits per heavy atom. The molecule has 0 aromatic rings. The van der Waals surface area contributed by atoms with Crippen LogP contribution in [0.2, 0.25) is 0 Å². The van der Waals surface area contributed by atoms with Gasteiger partial charge in [0.05, 0.1) is 12.1 Å². The van der Waals surface area contributed by atoms with Gasteiger partial charge in [-0.25, -0.2) is 4.79 Å². The van der Waals surface area contributed by atoms with E-state index in [4.69, 9.17) is 11.2 Å². The van der Waals surface area contributed by atoms with Crippen LogP contribution in [-0.4, -0.2) is 65.8 Å². The van der Waals surface area contributed by atoms with Crippen molar-refractivity contribution in [1.29, 1.82) is 0 Å². The van der Waals surface area contributed by atoms with Crippen molar-refractivity contribution in [2.24, 2.45) is 0 Å². The molecule has 0 bridgehead atoms. The summed E-state index contributed by atoms with van der Waals surface area (Å²) >= 11 is 0. The number of rotatable bonds is 3. The predicted octanol–water partition coefficient (Wildman–Crippen LogP) is 2.46. The minimum Gasteiger partial charge on any atom is -0.450 e. The number of piperidine rings is 2. The zero-order chi connectivity index (χ0) is 17.8. The van der Waals surface area contributed by atoms with E-state index in [0.717, 1.165) is 51.9 Å². The molecular weight excluding hydrogens is 302 g/mol. The largest absolute Gasteiger partial charge is 0.450 e. The van der Waals surface area contributed by atoms with E-state index in [-0.39, 0.29) is 17.2 Å². The van der Waals surface area contributed by atoms with Crippen LogP contribution in [0.4, 0.5) is 4.79 Å². The highest BCUT2D eigenvalue weighted by molar-refractivity contribution is 5.67. The maximum absolute atomic E-state index is 11.8. The molecule has 2 aliphatic heterocycles. The van der Waals surface area contributed by atoms with Gasteiger partial charge in [0.15, 0.2) is 0 Å². The third kappa shape index (κ3) is 4.87. The standard InChI is InChI=1S/C19H33N3O2/c1-6-19(20-18(3,4)5)10-14-21(15-11-19)16-8-12-22(13-9-16)17(23)24-7-2/h1,16,20H,7-15H2,2-5H3. The molecule has 5 nitrogen and oxygen atoms in total. The molecular formula is C19H33N3O2. The number of amides is 1. The Balaban J connectivity index is 1.83. The maximum atomic E-state index is 11.8. The lowest BCUT2D eigenvalue weighted by Crippen LogP contribution is -2.60. The number of likely N-dealkylation sites (tertiary alicyclic amines) is 2. The van der Waals surface area contributed by atoms with Gasteiger partial charge in [-0.1, -0.05) is 5.92 Å². The highest BCUT2D eigenvalue weighted by Crippen LogP contribution is 2.28. The van der Waals surface area contributed by atoms with Gasteiger partial charge in [-0.3, -0.25) is 5.32 Å². The average Bonchev–Trinajstić information content (AvgIpc) is 2.54. The number of ether oxygens (including phenoxy) is 1. The molecule has 5 heteroatoms. The van der Waals surface area contributed by atoms with E-state index < -0.39 is 0 Å². The van der Waals surface area contributed by atoms with Gasteiger partial charge in [0.25, 0.3) is 0 Å². The lowest BCUT2D eigenvalue weighted by molar-refractivity contribution is 0.0560. The molecule has 2 rings (SSSR count). The Morgan fingerprint density at radius 1 is 1.25 bits per heavy atom. The van der Waals surface area contributed by atoms with Gasteiger partial charge in [0, 0.05) is 37.8 Å². The number of carbonyl (C=O) groups is 1. The zero-order valence-electron chi connectivity index (χ0n) is 15.7. The Kier molecular flexibility index (Phi) is 6.17. The van der Waals surface area contributed by atoms with Gasteiger partial charge in [-0.05, 0) is 53.4 Å². The predicted molar refractivity (Wildman–Crippen MR) is 96.9 cm³/mol. The SMILES string of the molecule is C#CC1(NC(C)(C)C)CCN(C2CCN(C(=O)OCC)CC2)CC1. The van der Waals surface area contributed by atoms with Crippen LogP contribution in [0.1, 0.15) is 53.4 Å². The smallest absolute Gasteiger partial charge is 0.409 e. The second-order valence-corrected chi connectivity index (χ2v) is 8.05. The first-order chi connectivity index (χ1) is 11.3. The summed E-state index contributed by atoms with van der Waals surface area (Å²) in [5, 5.41) is 3.65. The Labute approximate surface area is 147 Å². The van der Waals surface area contributed by atoms with Crippen LogP contribution in [0.25, 0.3) is 0 Å². The number of nitrogens with one attached hydrogen (secondary N) is 1. The normalized spacial score (nSPS) is 22.9. The summed E-state index contributed by atoms with van der Waals surface area (Å²) < 4.78 is 5.09. The van der Waals surface area contributed by atoms with Crippen molar-refractivity contribution in [2.75, 3.05) is 32.8 Å². The summed E-state index contributed by atoms with van der Waals surface area (Å²) in [7, 11) is 0. The summed E-state index contributed by atoms with van der Waals surface area (Å²) in [5.41, 5.74) is -0.153.